The van der Waals surface area contributed by atoms with E-state index in [1.165, 1.54) is 0 Å². The minimum absolute atomic E-state index is 0. The van der Waals surface area contributed by atoms with Crippen molar-refractivity contribution in [3.8, 4) is 0 Å². The smallest absolute Gasteiger partial charge is 0.162 e. The Hall–Kier alpha value is -0.0151. The maximum absolute atomic E-state index is 5.12. The van der Waals surface area contributed by atoms with Gasteiger partial charge < -0.3 is 9.47 Å². The highest BCUT2D eigenvalue weighted by atomic mass is 16.7. The van der Waals surface area contributed by atoms with Crippen LogP contribution in [0.5, 0.6) is 0 Å². The largest absolute Gasteiger partial charge is 0.348 e. The highest BCUT2D eigenvalue weighted by molar-refractivity contribution is 5.75. The second kappa shape index (κ2) is 5.75. The Balaban J connectivity index is -0.000000149. The lowest BCUT2D eigenvalue weighted by molar-refractivity contribution is -0.125. The zero-order chi connectivity index (χ0) is 7.33. The highest BCUT2D eigenvalue weighted by Crippen LogP contribution is 2.15. The van der Waals surface area contributed by atoms with Crippen molar-refractivity contribution in [1.29, 1.82) is 0 Å². The van der Waals surface area contributed by atoms with Crippen molar-refractivity contribution in [2.45, 2.75) is 33.5 Å². The molecule has 3 radical (unpaired) electrons. The Labute approximate surface area is 67.0 Å². The van der Waals surface area contributed by atoms with Crippen LogP contribution >= 0.6 is 0 Å². The SMILES string of the molecule is CC.CC1(C)OCCO1.[B].[HH]. The van der Waals surface area contributed by atoms with Crippen LogP contribution in [0.4, 0.5) is 0 Å². The third-order valence-electron chi connectivity index (χ3n) is 0.983. The first kappa shape index (κ1) is 12.6. The van der Waals surface area contributed by atoms with Gasteiger partial charge in [0, 0.05) is 9.84 Å². The molecule has 1 saturated heterocycles. The molecule has 1 aliphatic rings. The van der Waals surface area contributed by atoms with Crippen molar-refractivity contribution in [1.82, 2.24) is 0 Å². The molecule has 61 valence electrons. The van der Waals surface area contributed by atoms with Gasteiger partial charge in [0.05, 0.1) is 13.2 Å². The number of rotatable bonds is 0. The first-order valence-corrected chi connectivity index (χ1v) is 3.49. The molecule has 0 aliphatic carbocycles. The normalized spacial score (nSPS) is 20.4. The van der Waals surface area contributed by atoms with Crippen LogP contribution in [0.15, 0.2) is 0 Å². The van der Waals surface area contributed by atoms with Gasteiger partial charge in [0.25, 0.3) is 0 Å². The molecule has 0 saturated carbocycles. The van der Waals surface area contributed by atoms with Gasteiger partial charge in [-0.2, -0.15) is 0 Å². The van der Waals surface area contributed by atoms with Gasteiger partial charge in [0.1, 0.15) is 0 Å². The second-order valence-corrected chi connectivity index (χ2v) is 2.10. The summed E-state index contributed by atoms with van der Waals surface area (Å²) < 4.78 is 10.2. The van der Waals surface area contributed by atoms with E-state index in [4.69, 9.17) is 9.47 Å². The van der Waals surface area contributed by atoms with Crippen LogP contribution < -0.4 is 0 Å². The summed E-state index contributed by atoms with van der Waals surface area (Å²) in [6.45, 7) is 9.32. The fourth-order valence-electron chi connectivity index (χ4n) is 0.617. The summed E-state index contributed by atoms with van der Waals surface area (Å²) in [5.41, 5.74) is 0. The Bertz CT molecular complexity index is 70.8. The summed E-state index contributed by atoms with van der Waals surface area (Å²) in [6.07, 6.45) is 0. The molecule has 0 atom stereocenters. The van der Waals surface area contributed by atoms with Gasteiger partial charge in [0.2, 0.25) is 0 Å². The average molecular weight is 145 g/mol. The summed E-state index contributed by atoms with van der Waals surface area (Å²) in [5.74, 6) is -0.306. The molecule has 1 fully saturated rings. The average Bonchev–Trinajstić information content (AvgIpc) is 2.19. The lowest BCUT2D eigenvalue weighted by Gasteiger charge is -2.13. The van der Waals surface area contributed by atoms with Gasteiger partial charge in [-0.05, 0) is 13.8 Å². The van der Waals surface area contributed by atoms with E-state index in [-0.39, 0.29) is 15.6 Å². The van der Waals surface area contributed by atoms with E-state index in [9.17, 15) is 0 Å². The number of hydrogen-bond donors (Lipinski definition) is 0. The van der Waals surface area contributed by atoms with Gasteiger partial charge in [-0.3, -0.25) is 0 Å². The first-order valence-electron chi connectivity index (χ1n) is 3.49. The Kier molecular flexibility index (Phi) is 7.26. The summed E-state index contributed by atoms with van der Waals surface area (Å²) in [4.78, 5) is 0. The maximum Gasteiger partial charge on any atom is 0.162 e. The van der Waals surface area contributed by atoms with E-state index in [0.717, 1.165) is 13.2 Å². The van der Waals surface area contributed by atoms with Crippen molar-refractivity contribution in [3.05, 3.63) is 0 Å². The highest BCUT2D eigenvalue weighted by Gasteiger charge is 2.23. The summed E-state index contributed by atoms with van der Waals surface area (Å²) in [5, 5.41) is 0. The second-order valence-electron chi connectivity index (χ2n) is 2.10. The van der Waals surface area contributed by atoms with Crippen LogP contribution in [0.2, 0.25) is 0 Å². The number of hydrogen-bond acceptors (Lipinski definition) is 2. The zero-order valence-corrected chi connectivity index (χ0v) is 7.31. The van der Waals surface area contributed by atoms with Crippen LogP contribution in [0.3, 0.4) is 0 Å². The van der Waals surface area contributed by atoms with Crippen LogP contribution in [0, 0.1) is 0 Å². The van der Waals surface area contributed by atoms with E-state index >= 15 is 0 Å². The maximum atomic E-state index is 5.12. The van der Waals surface area contributed by atoms with Crippen LogP contribution in [-0.4, -0.2) is 27.4 Å². The zero-order valence-electron chi connectivity index (χ0n) is 7.31. The summed E-state index contributed by atoms with van der Waals surface area (Å²) in [7, 11) is 0. The van der Waals surface area contributed by atoms with Gasteiger partial charge in [0.15, 0.2) is 5.79 Å². The number of ether oxygens (including phenoxy) is 2. The summed E-state index contributed by atoms with van der Waals surface area (Å²) in [6, 6.07) is 0. The van der Waals surface area contributed by atoms with Gasteiger partial charge in [-0.25, -0.2) is 0 Å². The molecule has 0 aromatic rings. The molecule has 0 aromatic carbocycles. The van der Waals surface area contributed by atoms with Crippen LogP contribution in [0.1, 0.15) is 29.1 Å². The minimum atomic E-state index is -0.306. The van der Waals surface area contributed by atoms with Crippen LogP contribution in [0.25, 0.3) is 0 Å². The fourth-order valence-corrected chi connectivity index (χ4v) is 0.617. The monoisotopic (exact) mass is 145 g/mol. The third kappa shape index (κ3) is 4.83. The molecular weight excluding hydrogens is 127 g/mol. The Morgan fingerprint density at radius 2 is 1.40 bits per heavy atom. The van der Waals surface area contributed by atoms with Crippen molar-refractivity contribution in [3.63, 3.8) is 0 Å². The third-order valence-corrected chi connectivity index (χ3v) is 0.983. The quantitative estimate of drug-likeness (QED) is 0.482. The molecule has 0 amide bonds. The van der Waals surface area contributed by atoms with Crippen LogP contribution in [-0.2, 0) is 9.47 Å². The molecule has 10 heavy (non-hydrogen) atoms. The lowest BCUT2D eigenvalue weighted by atomic mass is 10.4. The van der Waals surface area contributed by atoms with E-state index in [1.807, 2.05) is 27.7 Å². The van der Waals surface area contributed by atoms with Crippen molar-refractivity contribution in [2.75, 3.05) is 13.2 Å². The molecule has 0 bridgehead atoms. The topological polar surface area (TPSA) is 18.5 Å². The molecule has 1 aliphatic heterocycles. The molecule has 0 aromatic heterocycles. The molecule has 1 rings (SSSR count). The molecule has 0 unspecified atom stereocenters. The Morgan fingerprint density at radius 3 is 1.50 bits per heavy atom. The van der Waals surface area contributed by atoms with Crippen molar-refractivity contribution >= 4 is 8.41 Å². The molecule has 1 heterocycles. The van der Waals surface area contributed by atoms with E-state index in [2.05, 4.69) is 0 Å². The van der Waals surface area contributed by atoms with Gasteiger partial charge in [-0.1, -0.05) is 13.8 Å². The molecule has 0 spiro atoms. The lowest BCUT2D eigenvalue weighted by Crippen LogP contribution is -2.18. The molecule has 2 nitrogen and oxygen atoms in total. The van der Waals surface area contributed by atoms with E-state index < -0.39 is 0 Å². The van der Waals surface area contributed by atoms with Crippen molar-refractivity contribution < 1.29 is 10.9 Å². The van der Waals surface area contributed by atoms with Gasteiger partial charge in [-0.15, -0.1) is 0 Å². The van der Waals surface area contributed by atoms with Crippen molar-refractivity contribution in [2.24, 2.45) is 0 Å². The Morgan fingerprint density at radius 1 is 1.10 bits per heavy atom. The summed E-state index contributed by atoms with van der Waals surface area (Å²) >= 11 is 0. The predicted molar refractivity (Wildman–Crippen MR) is 45.2 cm³/mol. The van der Waals surface area contributed by atoms with Gasteiger partial charge >= 0.3 is 0 Å². The minimum Gasteiger partial charge on any atom is -0.348 e. The molecule has 0 N–H and O–H groups in total. The molecule has 3 heteroatoms. The standard InChI is InChI=1S/C5H10O2.C2H6.B.H2/c1-5(2)6-3-4-7-5;1-2;;/h3-4H2,1-2H3;1-2H3;;1H. The van der Waals surface area contributed by atoms with E-state index in [0.29, 0.717) is 0 Å². The first-order chi connectivity index (χ1) is 4.21. The van der Waals surface area contributed by atoms with E-state index in [1.54, 1.807) is 0 Å². The predicted octanol–water partition coefficient (Wildman–Crippen LogP) is 1.66. The fraction of sp³-hybridized carbons (Fsp3) is 1.00. The molecular formula is C7H18BO2.